The van der Waals surface area contributed by atoms with Crippen LogP contribution in [0.5, 0.6) is 11.5 Å². The zero-order valence-corrected chi connectivity index (χ0v) is 14.4. The van der Waals surface area contributed by atoms with E-state index < -0.39 is 17.8 Å². The number of amides is 1. The molecule has 0 aliphatic heterocycles. The molecule has 1 N–H and O–H groups in total. The number of methoxy groups -OCH3 is 1. The van der Waals surface area contributed by atoms with Gasteiger partial charge in [-0.25, -0.2) is 4.39 Å². The topological polar surface area (TPSA) is 47.6 Å². The summed E-state index contributed by atoms with van der Waals surface area (Å²) >= 11 is 3.17. The van der Waals surface area contributed by atoms with Crippen molar-refractivity contribution < 1.29 is 18.7 Å². The maximum Gasteiger partial charge on any atom is 0.265 e. The minimum Gasteiger partial charge on any atom is -0.497 e. The van der Waals surface area contributed by atoms with Gasteiger partial charge in [0.2, 0.25) is 0 Å². The SMILES string of the molecule is CC[C@H](Oc1cccc(OC)c1)C(=O)Nc1ccc(Br)cc1F. The Morgan fingerprint density at radius 1 is 1.26 bits per heavy atom. The number of nitrogens with one attached hydrogen (secondary N) is 1. The van der Waals surface area contributed by atoms with Gasteiger partial charge in [0.25, 0.3) is 5.91 Å². The Labute approximate surface area is 142 Å². The lowest BCUT2D eigenvalue weighted by Gasteiger charge is -2.18. The number of benzene rings is 2. The van der Waals surface area contributed by atoms with Crippen LogP contribution in [0.25, 0.3) is 0 Å². The second-order valence-electron chi connectivity index (χ2n) is 4.81. The van der Waals surface area contributed by atoms with Gasteiger partial charge in [0.15, 0.2) is 6.10 Å². The molecule has 2 rings (SSSR count). The maximum atomic E-state index is 13.8. The lowest BCUT2D eigenvalue weighted by molar-refractivity contribution is -0.122. The van der Waals surface area contributed by atoms with Gasteiger partial charge in [-0.3, -0.25) is 4.79 Å². The fourth-order valence-electron chi connectivity index (χ4n) is 1.97. The van der Waals surface area contributed by atoms with Crippen LogP contribution >= 0.6 is 15.9 Å². The van der Waals surface area contributed by atoms with Crippen LogP contribution in [0.1, 0.15) is 13.3 Å². The van der Waals surface area contributed by atoms with E-state index in [0.717, 1.165) is 0 Å². The van der Waals surface area contributed by atoms with Crippen molar-refractivity contribution in [3.63, 3.8) is 0 Å². The first-order valence-electron chi connectivity index (χ1n) is 7.10. The molecule has 0 bridgehead atoms. The molecule has 2 aromatic rings. The molecule has 2 aromatic carbocycles. The summed E-state index contributed by atoms with van der Waals surface area (Å²) in [6, 6.07) is 11.4. The van der Waals surface area contributed by atoms with Gasteiger partial charge in [-0.2, -0.15) is 0 Å². The Bertz CT molecular complexity index is 693. The van der Waals surface area contributed by atoms with E-state index in [1.165, 1.54) is 12.1 Å². The average Bonchev–Trinajstić information content (AvgIpc) is 2.55. The molecule has 0 fully saturated rings. The standard InChI is InChI=1S/C17H17BrFNO3/c1-3-16(23-13-6-4-5-12(10-13)22-2)17(21)20-15-8-7-11(18)9-14(15)19/h4-10,16H,3H2,1-2H3,(H,20,21)/t16-/m0/s1. The third kappa shape index (κ3) is 4.69. The maximum absolute atomic E-state index is 13.8. The predicted molar refractivity (Wildman–Crippen MR) is 90.4 cm³/mol. The van der Waals surface area contributed by atoms with Crippen molar-refractivity contribution in [3.8, 4) is 11.5 Å². The van der Waals surface area contributed by atoms with Gasteiger partial charge < -0.3 is 14.8 Å². The van der Waals surface area contributed by atoms with Crippen molar-refractivity contribution in [1.29, 1.82) is 0 Å². The molecule has 122 valence electrons. The van der Waals surface area contributed by atoms with Gasteiger partial charge in [-0.05, 0) is 36.8 Å². The summed E-state index contributed by atoms with van der Waals surface area (Å²) < 4.78 is 25.2. The van der Waals surface area contributed by atoms with Crippen molar-refractivity contribution in [1.82, 2.24) is 0 Å². The summed E-state index contributed by atoms with van der Waals surface area (Å²) in [5, 5.41) is 2.55. The molecule has 0 saturated heterocycles. The number of anilines is 1. The first-order chi connectivity index (χ1) is 11.0. The summed E-state index contributed by atoms with van der Waals surface area (Å²) in [4.78, 5) is 12.3. The van der Waals surface area contributed by atoms with Crippen LogP contribution < -0.4 is 14.8 Å². The molecule has 4 nitrogen and oxygen atoms in total. The van der Waals surface area contributed by atoms with Crippen LogP contribution in [0, 0.1) is 5.82 Å². The molecular weight excluding hydrogens is 365 g/mol. The first-order valence-corrected chi connectivity index (χ1v) is 7.89. The third-order valence-electron chi connectivity index (χ3n) is 3.17. The van der Waals surface area contributed by atoms with Crippen LogP contribution in [0.15, 0.2) is 46.9 Å². The van der Waals surface area contributed by atoms with Gasteiger partial charge >= 0.3 is 0 Å². The highest BCUT2D eigenvalue weighted by molar-refractivity contribution is 9.10. The molecule has 0 aromatic heterocycles. The summed E-state index contributed by atoms with van der Waals surface area (Å²) in [5.74, 6) is 0.236. The second-order valence-corrected chi connectivity index (χ2v) is 5.72. The molecule has 0 saturated carbocycles. The number of hydrogen-bond acceptors (Lipinski definition) is 3. The minimum absolute atomic E-state index is 0.117. The molecule has 1 amide bonds. The molecule has 6 heteroatoms. The van der Waals surface area contributed by atoms with Crippen LogP contribution in [-0.4, -0.2) is 19.1 Å². The Kier molecular flexibility index (Phi) is 5.98. The number of ether oxygens (including phenoxy) is 2. The van der Waals surface area contributed by atoms with E-state index in [9.17, 15) is 9.18 Å². The summed E-state index contributed by atoms with van der Waals surface area (Å²) in [5.41, 5.74) is 0.117. The van der Waals surface area contributed by atoms with E-state index >= 15 is 0 Å². The molecular formula is C17H17BrFNO3. The van der Waals surface area contributed by atoms with Crippen LogP contribution in [0.4, 0.5) is 10.1 Å². The highest BCUT2D eigenvalue weighted by atomic mass is 79.9. The van der Waals surface area contributed by atoms with Crippen molar-refractivity contribution in [2.45, 2.75) is 19.4 Å². The highest BCUT2D eigenvalue weighted by Gasteiger charge is 2.20. The lowest BCUT2D eigenvalue weighted by atomic mass is 10.2. The molecule has 0 heterocycles. The Hall–Kier alpha value is -2.08. The van der Waals surface area contributed by atoms with Gasteiger partial charge in [0, 0.05) is 10.5 Å². The Morgan fingerprint density at radius 3 is 2.65 bits per heavy atom. The summed E-state index contributed by atoms with van der Waals surface area (Å²) in [6.07, 6.45) is -0.286. The van der Waals surface area contributed by atoms with Gasteiger partial charge in [-0.15, -0.1) is 0 Å². The molecule has 0 radical (unpaired) electrons. The average molecular weight is 382 g/mol. The van der Waals surface area contributed by atoms with E-state index in [2.05, 4.69) is 21.2 Å². The second kappa shape index (κ2) is 7.97. The summed E-state index contributed by atoms with van der Waals surface area (Å²) in [6.45, 7) is 1.82. The van der Waals surface area contributed by atoms with Crippen molar-refractivity contribution in [2.24, 2.45) is 0 Å². The minimum atomic E-state index is -0.731. The molecule has 1 atom stereocenters. The zero-order valence-electron chi connectivity index (χ0n) is 12.8. The lowest BCUT2D eigenvalue weighted by Crippen LogP contribution is -2.32. The van der Waals surface area contributed by atoms with E-state index in [1.807, 2.05) is 6.92 Å². The van der Waals surface area contributed by atoms with Crippen LogP contribution in [-0.2, 0) is 4.79 Å². The number of rotatable bonds is 6. The van der Waals surface area contributed by atoms with Crippen molar-refractivity contribution in [3.05, 3.63) is 52.8 Å². The largest absolute Gasteiger partial charge is 0.497 e. The number of hydrogen-bond donors (Lipinski definition) is 1. The third-order valence-corrected chi connectivity index (χ3v) is 3.67. The number of carbonyl (C=O) groups is 1. The monoisotopic (exact) mass is 381 g/mol. The number of carbonyl (C=O) groups excluding carboxylic acids is 1. The fourth-order valence-corrected chi connectivity index (χ4v) is 2.30. The Balaban J connectivity index is 2.08. The normalized spacial score (nSPS) is 11.7. The van der Waals surface area contributed by atoms with Gasteiger partial charge in [0.1, 0.15) is 17.3 Å². The van der Waals surface area contributed by atoms with Gasteiger partial charge in [-0.1, -0.05) is 28.9 Å². The summed E-state index contributed by atoms with van der Waals surface area (Å²) in [7, 11) is 1.55. The van der Waals surface area contributed by atoms with Crippen molar-refractivity contribution in [2.75, 3.05) is 12.4 Å². The molecule has 0 aliphatic rings. The number of halogens is 2. The van der Waals surface area contributed by atoms with Crippen LogP contribution in [0.2, 0.25) is 0 Å². The van der Waals surface area contributed by atoms with E-state index in [-0.39, 0.29) is 5.69 Å². The van der Waals surface area contributed by atoms with E-state index in [4.69, 9.17) is 9.47 Å². The van der Waals surface area contributed by atoms with Gasteiger partial charge in [0.05, 0.1) is 12.8 Å². The smallest absolute Gasteiger partial charge is 0.265 e. The Morgan fingerprint density at radius 2 is 2.00 bits per heavy atom. The molecule has 23 heavy (non-hydrogen) atoms. The van der Waals surface area contributed by atoms with E-state index in [0.29, 0.717) is 22.4 Å². The first kappa shape index (κ1) is 17.3. The zero-order chi connectivity index (χ0) is 16.8. The highest BCUT2D eigenvalue weighted by Crippen LogP contribution is 2.22. The van der Waals surface area contributed by atoms with Crippen molar-refractivity contribution >= 4 is 27.5 Å². The van der Waals surface area contributed by atoms with Crippen LogP contribution in [0.3, 0.4) is 0 Å². The predicted octanol–water partition coefficient (Wildman–Crippen LogP) is 4.39. The molecule has 0 aliphatic carbocycles. The quantitative estimate of drug-likeness (QED) is 0.806. The van der Waals surface area contributed by atoms with E-state index in [1.54, 1.807) is 37.4 Å². The fraction of sp³-hybridized carbons (Fsp3) is 0.235. The molecule has 0 spiro atoms. The molecule has 0 unspecified atom stereocenters.